The molecule has 25 heavy (non-hydrogen) atoms. The lowest BCUT2D eigenvalue weighted by Crippen LogP contribution is -2.54. The topological polar surface area (TPSA) is 53.6 Å². The minimum absolute atomic E-state index is 0.110. The van der Waals surface area contributed by atoms with Crippen LogP contribution >= 0.6 is 0 Å². The van der Waals surface area contributed by atoms with Crippen LogP contribution in [0.1, 0.15) is 29.8 Å². The number of aromatic amines is 1. The van der Waals surface area contributed by atoms with Crippen LogP contribution in [-0.4, -0.2) is 53.2 Å². The van der Waals surface area contributed by atoms with Gasteiger partial charge in [-0.3, -0.25) is 9.80 Å². The van der Waals surface area contributed by atoms with Gasteiger partial charge in [0.2, 0.25) is 6.79 Å². The van der Waals surface area contributed by atoms with Gasteiger partial charge < -0.3 is 14.5 Å². The highest BCUT2D eigenvalue weighted by molar-refractivity contribution is 5.44. The summed E-state index contributed by atoms with van der Waals surface area (Å²) < 4.78 is 10.9. The Hall–Kier alpha value is -2.05. The molecule has 5 rings (SSSR count). The Morgan fingerprint density at radius 2 is 2.00 bits per heavy atom. The maximum absolute atomic E-state index is 5.50. The largest absolute Gasteiger partial charge is 0.454 e. The smallest absolute Gasteiger partial charge is 0.231 e. The molecule has 1 saturated heterocycles. The Kier molecular flexibility index (Phi) is 3.50. The zero-order valence-corrected chi connectivity index (χ0v) is 14.6. The van der Waals surface area contributed by atoms with E-state index in [9.17, 15) is 0 Å². The summed E-state index contributed by atoms with van der Waals surface area (Å²) in [5.74, 6) is 1.73. The fourth-order valence-corrected chi connectivity index (χ4v) is 4.58. The Balaban J connectivity index is 1.30. The zero-order chi connectivity index (χ0) is 16.9. The van der Waals surface area contributed by atoms with Gasteiger partial charge in [-0.05, 0) is 37.6 Å². The Morgan fingerprint density at radius 1 is 1.16 bits per heavy atom. The number of piperidine rings is 1. The number of rotatable bonds is 2. The van der Waals surface area contributed by atoms with Gasteiger partial charge >= 0.3 is 0 Å². The summed E-state index contributed by atoms with van der Waals surface area (Å²) in [6.07, 6.45) is 5.21. The van der Waals surface area contributed by atoms with Crippen molar-refractivity contribution in [2.45, 2.75) is 31.3 Å². The second-order valence-electron chi connectivity index (χ2n) is 7.40. The number of aromatic nitrogens is 2. The van der Waals surface area contributed by atoms with Crippen molar-refractivity contribution in [1.82, 2.24) is 19.8 Å². The van der Waals surface area contributed by atoms with Gasteiger partial charge in [-0.2, -0.15) is 0 Å². The predicted octanol–water partition coefficient (Wildman–Crippen LogP) is 2.12. The molecule has 1 fully saturated rings. The van der Waals surface area contributed by atoms with E-state index in [1.165, 1.54) is 17.0 Å². The van der Waals surface area contributed by atoms with Crippen molar-refractivity contribution in [3.8, 4) is 11.5 Å². The molecule has 1 spiro atoms. The van der Waals surface area contributed by atoms with Crippen LogP contribution in [-0.2, 0) is 18.5 Å². The molecular formula is C19H24N4O2. The monoisotopic (exact) mass is 340 g/mol. The highest BCUT2D eigenvalue weighted by Gasteiger charge is 2.44. The minimum atomic E-state index is 0.110. The normalized spacial score (nSPS) is 22.3. The van der Waals surface area contributed by atoms with Crippen molar-refractivity contribution < 1.29 is 9.47 Å². The number of H-pyrrole nitrogens is 1. The second kappa shape index (κ2) is 5.75. The first-order valence-electron chi connectivity index (χ1n) is 9.09. The highest BCUT2D eigenvalue weighted by Crippen LogP contribution is 2.41. The molecule has 0 amide bonds. The molecule has 132 valence electrons. The fourth-order valence-electron chi connectivity index (χ4n) is 4.58. The second-order valence-corrected chi connectivity index (χ2v) is 7.40. The van der Waals surface area contributed by atoms with E-state index in [-0.39, 0.29) is 5.54 Å². The van der Waals surface area contributed by atoms with Crippen molar-refractivity contribution in [1.29, 1.82) is 0 Å². The Morgan fingerprint density at radius 3 is 2.88 bits per heavy atom. The van der Waals surface area contributed by atoms with Crippen molar-refractivity contribution in [3.63, 3.8) is 0 Å². The van der Waals surface area contributed by atoms with Gasteiger partial charge in [0.25, 0.3) is 0 Å². The predicted molar refractivity (Wildman–Crippen MR) is 93.7 cm³/mol. The third-order valence-corrected chi connectivity index (χ3v) is 6.11. The summed E-state index contributed by atoms with van der Waals surface area (Å²) in [6.45, 7) is 4.58. The van der Waals surface area contributed by atoms with Crippen molar-refractivity contribution in [3.05, 3.63) is 41.5 Å². The molecule has 1 aromatic carbocycles. The number of imidazole rings is 1. The first-order valence-corrected chi connectivity index (χ1v) is 9.09. The number of likely N-dealkylation sites (tertiary alicyclic amines) is 1. The van der Waals surface area contributed by atoms with Crippen LogP contribution in [0.2, 0.25) is 0 Å². The third-order valence-electron chi connectivity index (χ3n) is 6.11. The number of hydrogen-bond acceptors (Lipinski definition) is 5. The molecule has 0 atom stereocenters. The Bertz CT molecular complexity index is 779. The fraction of sp³-hybridized carbons (Fsp3) is 0.526. The number of nitrogens with one attached hydrogen (secondary N) is 1. The molecular weight excluding hydrogens is 316 g/mol. The first-order chi connectivity index (χ1) is 12.2. The van der Waals surface area contributed by atoms with Gasteiger partial charge in [0.05, 0.1) is 17.6 Å². The minimum Gasteiger partial charge on any atom is -0.454 e. The number of likely N-dealkylation sites (N-methyl/N-ethyl adjacent to an activating group) is 1. The molecule has 6 nitrogen and oxygen atoms in total. The van der Waals surface area contributed by atoms with Gasteiger partial charge in [-0.1, -0.05) is 6.07 Å². The van der Waals surface area contributed by atoms with E-state index >= 15 is 0 Å². The Labute approximate surface area is 147 Å². The molecule has 0 radical (unpaired) electrons. The average molecular weight is 340 g/mol. The summed E-state index contributed by atoms with van der Waals surface area (Å²) in [6, 6.07) is 6.29. The van der Waals surface area contributed by atoms with Crippen molar-refractivity contribution >= 4 is 0 Å². The lowest BCUT2D eigenvalue weighted by atomic mass is 9.79. The van der Waals surface area contributed by atoms with Crippen LogP contribution in [0.25, 0.3) is 0 Å². The van der Waals surface area contributed by atoms with E-state index in [4.69, 9.17) is 9.47 Å². The SMILES string of the molecule is CN1CCc2[nH]cnc2C12CCN(Cc1ccc3c(c1)OCO3)CC2. The molecule has 0 aliphatic carbocycles. The molecule has 3 aliphatic rings. The maximum atomic E-state index is 5.50. The first kappa shape index (κ1) is 15.2. The number of hydrogen-bond donors (Lipinski definition) is 1. The number of fused-ring (bicyclic) bond motifs is 3. The van der Waals surface area contributed by atoms with Gasteiger partial charge in [-0.25, -0.2) is 4.98 Å². The van der Waals surface area contributed by atoms with Crippen LogP contribution in [0.3, 0.4) is 0 Å². The maximum Gasteiger partial charge on any atom is 0.231 e. The quantitative estimate of drug-likeness (QED) is 0.907. The van der Waals surface area contributed by atoms with Crippen LogP contribution in [0.4, 0.5) is 0 Å². The van der Waals surface area contributed by atoms with Crippen LogP contribution in [0, 0.1) is 0 Å². The molecule has 0 unspecified atom stereocenters. The number of ether oxygens (including phenoxy) is 2. The lowest BCUT2D eigenvalue weighted by molar-refractivity contribution is 0.0221. The van der Waals surface area contributed by atoms with Crippen LogP contribution < -0.4 is 9.47 Å². The van der Waals surface area contributed by atoms with Gasteiger partial charge in [0.1, 0.15) is 0 Å². The lowest BCUT2D eigenvalue weighted by Gasteiger charge is -2.49. The molecule has 1 aromatic heterocycles. The molecule has 6 heteroatoms. The van der Waals surface area contributed by atoms with Gasteiger partial charge in [0, 0.05) is 38.3 Å². The van der Waals surface area contributed by atoms with E-state index < -0.39 is 0 Å². The molecule has 4 heterocycles. The van der Waals surface area contributed by atoms with Gasteiger partial charge in [0.15, 0.2) is 11.5 Å². The van der Waals surface area contributed by atoms with Gasteiger partial charge in [-0.15, -0.1) is 0 Å². The van der Waals surface area contributed by atoms with Crippen LogP contribution in [0.5, 0.6) is 11.5 Å². The molecule has 3 aliphatic heterocycles. The van der Waals surface area contributed by atoms with E-state index in [1.807, 2.05) is 12.4 Å². The number of nitrogens with zero attached hydrogens (tertiary/aromatic N) is 3. The zero-order valence-electron chi connectivity index (χ0n) is 14.6. The molecule has 1 N–H and O–H groups in total. The molecule has 0 saturated carbocycles. The van der Waals surface area contributed by atoms with Crippen molar-refractivity contribution in [2.24, 2.45) is 0 Å². The third kappa shape index (κ3) is 2.43. The summed E-state index contributed by atoms with van der Waals surface area (Å²) >= 11 is 0. The summed E-state index contributed by atoms with van der Waals surface area (Å²) in [4.78, 5) is 13.1. The van der Waals surface area contributed by atoms with E-state index in [2.05, 4.69) is 38.9 Å². The summed E-state index contributed by atoms with van der Waals surface area (Å²) in [5.41, 5.74) is 4.02. The van der Waals surface area contributed by atoms with Crippen LogP contribution in [0.15, 0.2) is 24.5 Å². The average Bonchev–Trinajstić information content (AvgIpc) is 3.29. The molecule has 2 aromatic rings. The standard InChI is InChI=1S/C19H24N4O2/c1-22-7-4-15-18(21-12-20-15)19(22)5-8-23(9-6-19)11-14-2-3-16-17(10-14)25-13-24-16/h2-3,10,12H,4-9,11,13H2,1H3,(H,20,21). The summed E-state index contributed by atoms with van der Waals surface area (Å²) in [5, 5.41) is 0. The highest BCUT2D eigenvalue weighted by atomic mass is 16.7. The number of benzene rings is 1. The van der Waals surface area contributed by atoms with E-state index in [0.29, 0.717) is 6.79 Å². The van der Waals surface area contributed by atoms with E-state index in [1.54, 1.807) is 0 Å². The van der Waals surface area contributed by atoms with Crippen molar-refractivity contribution in [2.75, 3.05) is 33.5 Å². The van der Waals surface area contributed by atoms with E-state index in [0.717, 1.165) is 56.9 Å². The molecule has 0 bridgehead atoms. The summed E-state index contributed by atoms with van der Waals surface area (Å²) in [7, 11) is 2.26.